The number of nitrogens with one attached hydrogen (secondary N) is 1. The number of rotatable bonds is 8. The molecule has 0 unspecified atom stereocenters. The van der Waals surface area contributed by atoms with Gasteiger partial charge in [0.2, 0.25) is 5.91 Å². The number of carbonyl (C=O) groups is 1. The monoisotopic (exact) mass is 314 g/mol. The number of nitrogens with two attached hydrogens (primary N) is 1. The second-order valence-corrected chi connectivity index (χ2v) is 4.81. The number of hydrogen-bond donors (Lipinski definition) is 2. The van der Waals surface area contributed by atoms with Crippen molar-refractivity contribution >= 4 is 21.8 Å². The van der Waals surface area contributed by atoms with Crippen LogP contribution in [0.15, 0.2) is 28.7 Å². The standard InChI is InChI=1S/C13H19BrN2O2/c14-11-4-6-12(7-5-11)18-10-2-1-3-13(17)16-9-8-15/h4-7H,1-3,8-10,15H2,(H,16,17). The summed E-state index contributed by atoms with van der Waals surface area (Å²) in [5.74, 6) is 0.912. The normalized spacial score (nSPS) is 10.1. The van der Waals surface area contributed by atoms with E-state index in [1.54, 1.807) is 0 Å². The van der Waals surface area contributed by atoms with E-state index in [-0.39, 0.29) is 5.91 Å². The molecule has 0 aromatic heterocycles. The lowest BCUT2D eigenvalue weighted by Gasteiger charge is -2.06. The maximum Gasteiger partial charge on any atom is 0.220 e. The number of halogens is 1. The summed E-state index contributed by atoms with van der Waals surface area (Å²) in [6, 6.07) is 7.71. The SMILES string of the molecule is NCCNC(=O)CCCCOc1ccc(Br)cc1. The molecule has 0 aliphatic rings. The maximum atomic E-state index is 11.3. The summed E-state index contributed by atoms with van der Waals surface area (Å²) >= 11 is 3.37. The molecule has 0 aliphatic heterocycles. The van der Waals surface area contributed by atoms with Crippen LogP contribution < -0.4 is 15.8 Å². The first-order chi connectivity index (χ1) is 8.72. The Labute approximate surface area is 116 Å². The molecule has 4 nitrogen and oxygen atoms in total. The van der Waals surface area contributed by atoms with E-state index in [0.29, 0.717) is 26.1 Å². The lowest BCUT2D eigenvalue weighted by molar-refractivity contribution is -0.121. The van der Waals surface area contributed by atoms with Crippen LogP contribution in [-0.2, 0) is 4.79 Å². The Morgan fingerprint density at radius 1 is 1.28 bits per heavy atom. The summed E-state index contributed by atoms with van der Waals surface area (Å²) in [6.45, 7) is 1.67. The zero-order valence-corrected chi connectivity index (χ0v) is 11.9. The van der Waals surface area contributed by atoms with E-state index in [2.05, 4.69) is 21.2 Å². The second kappa shape index (κ2) is 8.94. The van der Waals surface area contributed by atoms with Gasteiger partial charge < -0.3 is 15.8 Å². The number of benzene rings is 1. The maximum absolute atomic E-state index is 11.3. The number of unbranched alkanes of at least 4 members (excludes halogenated alkanes) is 1. The molecule has 3 N–H and O–H groups in total. The van der Waals surface area contributed by atoms with Crippen LogP contribution in [0.4, 0.5) is 0 Å². The third kappa shape index (κ3) is 6.61. The Kier molecular flexibility index (Phi) is 7.44. The predicted molar refractivity (Wildman–Crippen MR) is 75.6 cm³/mol. The van der Waals surface area contributed by atoms with Gasteiger partial charge in [0.05, 0.1) is 6.61 Å². The molecule has 0 saturated carbocycles. The Morgan fingerprint density at radius 2 is 2.00 bits per heavy atom. The van der Waals surface area contributed by atoms with Crippen LogP contribution in [0, 0.1) is 0 Å². The van der Waals surface area contributed by atoms with Crippen LogP contribution in [0.25, 0.3) is 0 Å². The average molecular weight is 315 g/mol. The first-order valence-electron chi connectivity index (χ1n) is 6.07. The van der Waals surface area contributed by atoms with Crippen molar-refractivity contribution in [2.75, 3.05) is 19.7 Å². The predicted octanol–water partition coefficient (Wildman–Crippen LogP) is 2.07. The molecular formula is C13H19BrN2O2. The van der Waals surface area contributed by atoms with Crippen molar-refractivity contribution in [1.82, 2.24) is 5.32 Å². The van der Waals surface area contributed by atoms with Crippen LogP contribution in [-0.4, -0.2) is 25.6 Å². The third-order valence-electron chi connectivity index (χ3n) is 2.35. The van der Waals surface area contributed by atoms with Gasteiger partial charge in [0.1, 0.15) is 5.75 Å². The van der Waals surface area contributed by atoms with Gasteiger partial charge >= 0.3 is 0 Å². The summed E-state index contributed by atoms with van der Waals surface area (Å²) in [5, 5.41) is 2.74. The van der Waals surface area contributed by atoms with Crippen molar-refractivity contribution < 1.29 is 9.53 Å². The number of hydrogen-bond acceptors (Lipinski definition) is 3. The number of carbonyl (C=O) groups excluding carboxylic acids is 1. The molecular weight excluding hydrogens is 296 g/mol. The van der Waals surface area contributed by atoms with Gasteiger partial charge in [0, 0.05) is 24.0 Å². The molecule has 5 heteroatoms. The molecule has 100 valence electrons. The first-order valence-corrected chi connectivity index (χ1v) is 6.87. The minimum absolute atomic E-state index is 0.0593. The van der Waals surface area contributed by atoms with E-state index in [1.807, 2.05) is 24.3 Å². The highest BCUT2D eigenvalue weighted by Crippen LogP contribution is 2.16. The Bertz CT molecular complexity index is 355. The summed E-state index contributed by atoms with van der Waals surface area (Å²) in [6.07, 6.45) is 2.22. The van der Waals surface area contributed by atoms with E-state index in [1.165, 1.54) is 0 Å². The fourth-order valence-electron chi connectivity index (χ4n) is 1.41. The van der Waals surface area contributed by atoms with Crippen molar-refractivity contribution in [3.8, 4) is 5.75 Å². The largest absolute Gasteiger partial charge is 0.494 e. The average Bonchev–Trinajstić information content (AvgIpc) is 2.38. The van der Waals surface area contributed by atoms with Gasteiger partial charge in [-0.25, -0.2) is 0 Å². The van der Waals surface area contributed by atoms with E-state index in [9.17, 15) is 4.79 Å². The smallest absolute Gasteiger partial charge is 0.220 e. The zero-order valence-electron chi connectivity index (χ0n) is 10.3. The van der Waals surface area contributed by atoms with E-state index >= 15 is 0 Å². The number of ether oxygens (including phenoxy) is 1. The minimum Gasteiger partial charge on any atom is -0.494 e. The fraction of sp³-hybridized carbons (Fsp3) is 0.462. The number of amides is 1. The van der Waals surface area contributed by atoms with Crippen LogP contribution in [0.5, 0.6) is 5.75 Å². The highest BCUT2D eigenvalue weighted by molar-refractivity contribution is 9.10. The molecule has 18 heavy (non-hydrogen) atoms. The quantitative estimate of drug-likeness (QED) is 0.722. The van der Waals surface area contributed by atoms with Crippen molar-refractivity contribution in [3.63, 3.8) is 0 Å². The fourth-order valence-corrected chi connectivity index (χ4v) is 1.67. The molecule has 0 atom stereocenters. The van der Waals surface area contributed by atoms with Gasteiger partial charge in [0.15, 0.2) is 0 Å². The molecule has 0 radical (unpaired) electrons. The van der Waals surface area contributed by atoms with Gasteiger partial charge in [-0.05, 0) is 37.1 Å². The second-order valence-electron chi connectivity index (χ2n) is 3.90. The van der Waals surface area contributed by atoms with Gasteiger partial charge in [-0.2, -0.15) is 0 Å². The van der Waals surface area contributed by atoms with Gasteiger partial charge in [-0.15, -0.1) is 0 Å². The Morgan fingerprint density at radius 3 is 2.67 bits per heavy atom. The summed E-state index contributed by atoms with van der Waals surface area (Å²) in [5.41, 5.74) is 5.29. The van der Waals surface area contributed by atoms with Gasteiger partial charge in [-0.3, -0.25) is 4.79 Å². The van der Waals surface area contributed by atoms with E-state index in [0.717, 1.165) is 23.1 Å². The molecule has 1 amide bonds. The first kappa shape index (κ1) is 15.0. The molecule has 1 aromatic rings. The summed E-state index contributed by atoms with van der Waals surface area (Å²) < 4.78 is 6.59. The van der Waals surface area contributed by atoms with E-state index < -0.39 is 0 Å². The molecule has 1 rings (SSSR count). The molecule has 0 spiro atoms. The molecule has 0 bridgehead atoms. The molecule has 0 aliphatic carbocycles. The summed E-state index contributed by atoms with van der Waals surface area (Å²) in [7, 11) is 0. The van der Waals surface area contributed by atoms with Crippen LogP contribution in [0.1, 0.15) is 19.3 Å². The third-order valence-corrected chi connectivity index (χ3v) is 2.88. The van der Waals surface area contributed by atoms with Gasteiger partial charge in [-0.1, -0.05) is 15.9 Å². The van der Waals surface area contributed by atoms with Crippen LogP contribution in [0.3, 0.4) is 0 Å². The lowest BCUT2D eigenvalue weighted by atomic mass is 10.2. The van der Waals surface area contributed by atoms with Crippen molar-refractivity contribution in [2.24, 2.45) is 5.73 Å². The van der Waals surface area contributed by atoms with Crippen molar-refractivity contribution in [1.29, 1.82) is 0 Å². The highest BCUT2D eigenvalue weighted by Gasteiger charge is 2.00. The molecule has 0 heterocycles. The zero-order chi connectivity index (χ0) is 13.2. The van der Waals surface area contributed by atoms with Crippen LogP contribution in [0.2, 0.25) is 0 Å². The molecule has 1 aromatic carbocycles. The topological polar surface area (TPSA) is 64.3 Å². The van der Waals surface area contributed by atoms with Crippen molar-refractivity contribution in [2.45, 2.75) is 19.3 Å². The van der Waals surface area contributed by atoms with Crippen molar-refractivity contribution in [3.05, 3.63) is 28.7 Å². The van der Waals surface area contributed by atoms with E-state index in [4.69, 9.17) is 10.5 Å². The Hall–Kier alpha value is -1.07. The summed E-state index contributed by atoms with van der Waals surface area (Å²) in [4.78, 5) is 11.3. The molecule has 0 fully saturated rings. The highest BCUT2D eigenvalue weighted by atomic mass is 79.9. The minimum atomic E-state index is 0.0593. The van der Waals surface area contributed by atoms with Gasteiger partial charge in [0.25, 0.3) is 0 Å². The lowest BCUT2D eigenvalue weighted by Crippen LogP contribution is -2.28. The Balaban J connectivity index is 2.05. The van der Waals surface area contributed by atoms with Crippen LogP contribution >= 0.6 is 15.9 Å². The molecule has 0 saturated heterocycles.